The predicted molar refractivity (Wildman–Crippen MR) is 88.6 cm³/mol. The van der Waals surface area contributed by atoms with Crippen LogP contribution in [0.25, 0.3) is 0 Å². The van der Waals surface area contributed by atoms with Gasteiger partial charge in [-0.15, -0.1) is 0 Å². The third-order valence-electron chi connectivity index (χ3n) is 4.35. The summed E-state index contributed by atoms with van der Waals surface area (Å²) in [6.45, 7) is 2.06. The summed E-state index contributed by atoms with van der Waals surface area (Å²) in [6.07, 6.45) is 2.33. The fourth-order valence-electron chi connectivity index (χ4n) is 2.87. The Kier molecular flexibility index (Phi) is 4.07. The Labute approximate surface area is 131 Å². The van der Waals surface area contributed by atoms with Crippen molar-refractivity contribution in [3.8, 4) is 5.75 Å². The number of methoxy groups -OCH3 is 1. The minimum Gasteiger partial charge on any atom is -0.497 e. The maximum atomic E-state index is 6.16. The second-order valence-corrected chi connectivity index (χ2v) is 6.10. The molecule has 3 heteroatoms. The summed E-state index contributed by atoms with van der Waals surface area (Å²) in [7, 11) is 1.70. The van der Waals surface area contributed by atoms with Crippen LogP contribution in [0.5, 0.6) is 5.75 Å². The van der Waals surface area contributed by atoms with Gasteiger partial charge < -0.3 is 10.1 Å². The number of nitrogens with one attached hydrogen (secondary N) is 1. The number of rotatable bonds is 4. The van der Waals surface area contributed by atoms with E-state index in [9.17, 15) is 0 Å². The molecule has 0 aromatic heterocycles. The molecule has 2 aromatic rings. The molecule has 0 amide bonds. The third kappa shape index (κ3) is 3.01. The lowest BCUT2D eigenvalue weighted by molar-refractivity contribution is 0.373. The van der Waals surface area contributed by atoms with Gasteiger partial charge in [-0.3, -0.25) is 0 Å². The van der Waals surface area contributed by atoms with Crippen molar-refractivity contribution in [3.05, 3.63) is 58.6 Å². The molecule has 1 aliphatic rings. The number of anilines is 1. The highest BCUT2D eigenvalue weighted by Gasteiger charge is 2.30. The fraction of sp³-hybridized carbons (Fsp3) is 0.333. The molecule has 3 rings (SSSR count). The Hall–Kier alpha value is -1.67. The van der Waals surface area contributed by atoms with Gasteiger partial charge in [-0.2, -0.15) is 0 Å². The van der Waals surface area contributed by atoms with E-state index in [-0.39, 0.29) is 0 Å². The lowest BCUT2D eigenvalue weighted by Gasteiger charge is -2.37. The molecule has 1 fully saturated rings. The third-order valence-corrected chi connectivity index (χ3v) is 4.76. The van der Waals surface area contributed by atoms with E-state index in [1.165, 1.54) is 5.56 Å². The van der Waals surface area contributed by atoms with E-state index < -0.39 is 0 Å². The number of hydrogen-bond acceptors (Lipinski definition) is 2. The minimum atomic E-state index is 0.536. The van der Waals surface area contributed by atoms with Crippen molar-refractivity contribution in [3.63, 3.8) is 0 Å². The summed E-state index contributed by atoms with van der Waals surface area (Å²) in [4.78, 5) is 0. The second-order valence-electron chi connectivity index (χ2n) is 5.70. The molecule has 110 valence electrons. The smallest absolute Gasteiger partial charge is 0.118 e. The van der Waals surface area contributed by atoms with E-state index >= 15 is 0 Å². The summed E-state index contributed by atoms with van der Waals surface area (Å²) < 4.78 is 5.20. The van der Waals surface area contributed by atoms with Crippen LogP contribution in [0.3, 0.4) is 0 Å². The van der Waals surface area contributed by atoms with Crippen LogP contribution < -0.4 is 10.1 Å². The normalized spacial score (nSPS) is 20.7. The second kappa shape index (κ2) is 5.98. The molecule has 2 nitrogen and oxygen atoms in total. The zero-order valence-corrected chi connectivity index (χ0v) is 13.2. The van der Waals surface area contributed by atoms with Gasteiger partial charge >= 0.3 is 0 Å². The van der Waals surface area contributed by atoms with Gasteiger partial charge in [0.05, 0.1) is 7.11 Å². The highest BCUT2D eigenvalue weighted by Crippen LogP contribution is 2.39. The van der Waals surface area contributed by atoms with Gasteiger partial charge in [0.2, 0.25) is 0 Å². The van der Waals surface area contributed by atoms with Crippen molar-refractivity contribution < 1.29 is 4.74 Å². The van der Waals surface area contributed by atoms with Crippen LogP contribution in [0.2, 0.25) is 5.02 Å². The van der Waals surface area contributed by atoms with Gasteiger partial charge in [0.25, 0.3) is 0 Å². The van der Waals surface area contributed by atoms with Crippen molar-refractivity contribution in [2.24, 2.45) is 0 Å². The van der Waals surface area contributed by atoms with Gasteiger partial charge in [-0.05, 0) is 61.1 Å². The van der Waals surface area contributed by atoms with E-state index in [1.54, 1.807) is 7.11 Å². The van der Waals surface area contributed by atoms with Crippen molar-refractivity contribution in [1.29, 1.82) is 0 Å². The summed E-state index contributed by atoms with van der Waals surface area (Å²) in [5.74, 6) is 1.56. The van der Waals surface area contributed by atoms with Crippen molar-refractivity contribution in [2.45, 2.75) is 31.7 Å². The molecule has 0 unspecified atom stereocenters. The number of halogens is 1. The topological polar surface area (TPSA) is 21.3 Å². The number of ether oxygens (including phenoxy) is 1. The van der Waals surface area contributed by atoms with E-state index in [0.29, 0.717) is 12.0 Å². The molecule has 2 aromatic carbocycles. The zero-order valence-electron chi connectivity index (χ0n) is 12.4. The molecule has 0 aliphatic heterocycles. The molecular formula is C18H20ClNO. The van der Waals surface area contributed by atoms with Gasteiger partial charge in [0.15, 0.2) is 0 Å². The lowest BCUT2D eigenvalue weighted by Crippen LogP contribution is -2.34. The van der Waals surface area contributed by atoms with Crippen LogP contribution >= 0.6 is 11.6 Å². The average molecular weight is 302 g/mol. The van der Waals surface area contributed by atoms with Gasteiger partial charge in [-0.1, -0.05) is 29.8 Å². The molecule has 0 saturated heterocycles. The van der Waals surface area contributed by atoms with Crippen molar-refractivity contribution in [1.82, 2.24) is 0 Å². The van der Waals surface area contributed by atoms with E-state index in [2.05, 4.69) is 30.4 Å². The lowest BCUT2D eigenvalue weighted by atomic mass is 9.75. The Balaban J connectivity index is 1.59. The molecule has 0 radical (unpaired) electrons. The monoisotopic (exact) mass is 301 g/mol. The maximum Gasteiger partial charge on any atom is 0.118 e. The molecule has 1 aliphatic carbocycles. The average Bonchev–Trinajstić information content (AvgIpc) is 2.47. The number of benzene rings is 2. The van der Waals surface area contributed by atoms with Crippen molar-refractivity contribution in [2.75, 3.05) is 12.4 Å². The first-order chi connectivity index (χ1) is 10.2. The van der Waals surface area contributed by atoms with Crippen LogP contribution in [0.4, 0.5) is 5.69 Å². The van der Waals surface area contributed by atoms with E-state index in [1.807, 2.05) is 24.3 Å². The Morgan fingerprint density at radius 1 is 1.10 bits per heavy atom. The maximum absolute atomic E-state index is 6.16. The molecule has 1 saturated carbocycles. The van der Waals surface area contributed by atoms with Crippen LogP contribution in [-0.4, -0.2) is 13.2 Å². The SMILES string of the molecule is COc1ccc(C2CC(Nc3cccc(Cl)c3C)C2)cc1. The van der Waals surface area contributed by atoms with Crippen LogP contribution in [0, 0.1) is 6.92 Å². The molecule has 1 N–H and O–H groups in total. The number of hydrogen-bond donors (Lipinski definition) is 1. The molecule has 0 spiro atoms. The summed E-state index contributed by atoms with van der Waals surface area (Å²) in [6, 6.07) is 15.0. The largest absolute Gasteiger partial charge is 0.497 e. The predicted octanol–water partition coefficient (Wildman–Crippen LogP) is 5.02. The molecular weight excluding hydrogens is 282 g/mol. The minimum absolute atomic E-state index is 0.536. The molecule has 0 atom stereocenters. The van der Waals surface area contributed by atoms with E-state index in [0.717, 1.165) is 34.9 Å². The zero-order chi connectivity index (χ0) is 14.8. The van der Waals surface area contributed by atoms with Crippen LogP contribution in [-0.2, 0) is 0 Å². The summed E-state index contributed by atoms with van der Waals surface area (Å²) in [5.41, 5.74) is 3.68. The molecule has 0 bridgehead atoms. The Morgan fingerprint density at radius 2 is 1.81 bits per heavy atom. The molecule has 21 heavy (non-hydrogen) atoms. The highest BCUT2D eigenvalue weighted by molar-refractivity contribution is 6.31. The first kappa shape index (κ1) is 14.3. The highest BCUT2D eigenvalue weighted by atomic mass is 35.5. The van der Waals surface area contributed by atoms with Crippen LogP contribution in [0.15, 0.2) is 42.5 Å². The Morgan fingerprint density at radius 3 is 2.48 bits per heavy atom. The van der Waals surface area contributed by atoms with Crippen molar-refractivity contribution >= 4 is 17.3 Å². The summed E-state index contributed by atoms with van der Waals surface area (Å²) in [5, 5.41) is 4.43. The van der Waals surface area contributed by atoms with Gasteiger partial charge in [0.1, 0.15) is 5.75 Å². The first-order valence-electron chi connectivity index (χ1n) is 7.33. The van der Waals surface area contributed by atoms with Gasteiger partial charge in [-0.25, -0.2) is 0 Å². The van der Waals surface area contributed by atoms with E-state index in [4.69, 9.17) is 16.3 Å². The van der Waals surface area contributed by atoms with Crippen LogP contribution in [0.1, 0.15) is 29.9 Å². The quantitative estimate of drug-likeness (QED) is 0.856. The standard InChI is InChI=1S/C18H20ClNO/c1-12-17(19)4-3-5-18(12)20-15-10-14(11-15)13-6-8-16(21-2)9-7-13/h3-9,14-15,20H,10-11H2,1-2H3. The molecule has 0 heterocycles. The first-order valence-corrected chi connectivity index (χ1v) is 7.71. The van der Waals surface area contributed by atoms with Gasteiger partial charge in [0, 0.05) is 16.8 Å². The summed E-state index contributed by atoms with van der Waals surface area (Å²) >= 11 is 6.16. The Bertz CT molecular complexity index is 618. The fourth-order valence-corrected chi connectivity index (χ4v) is 3.04.